The highest BCUT2D eigenvalue weighted by Crippen LogP contribution is 2.26. The van der Waals surface area contributed by atoms with Crippen LogP contribution in [0.2, 0.25) is 0 Å². The summed E-state index contributed by atoms with van der Waals surface area (Å²) in [4.78, 5) is 29.9. The van der Waals surface area contributed by atoms with Crippen LogP contribution in [0.3, 0.4) is 0 Å². The lowest BCUT2D eigenvalue weighted by Crippen LogP contribution is -2.53. The number of nitrogens with zero attached hydrogens (tertiary/aromatic N) is 2. The maximum atomic E-state index is 14.5. The molecular weight excluding hydrogens is 650 g/mol. The largest absolute Gasteiger partial charge is 0.354 e. The number of hydrogen-bond donors (Lipinski definition) is 1. The van der Waals surface area contributed by atoms with Crippen molar-refractivity contribution in [3.8, 4) is 0 Å². The molecule has 0 saturated heterocycles. The van der Waals surface area contributed by atoms with Crippen LogP contribution >= 0.6 is 15.9 Å². The van der Waals surface area contributed by atoms with Crippen LogP contribution in [0.25, 0.3) is 0 Å². The molecule has 2 amide bonds. The third-order valence-electron chi connectivity index (χ3n) is 7.58. The average Bonchev–Trinajstić information content (AvgIpc) is 3.03. The third kappa shape index (κ3) is 9.28. The molecular formula is C36H40BrN3O4S. The van der Waals surface area contributed by atoms with Crippen molar-refractivity contribution in [2.75, 3.05) is 17.4 Å². The van der Waals surface area contributed by atoms with E-state index in [1.54, 1.807) is 36.4 Å². The second-order valence-corrected chi connectivity index (χ2v) is 13.9. The van der Waals surface area contributed by atoms with E-state index in [0.29, 0.717) is 12.2 Å². The number of anilines is 1. The molecule has 0 unspecified atom stereocenters. The number of rotatable bonds is 14. The summed E-state index contributed by atoms with van der Waals surface area (Å²) < 4.78 is 30.3. The Kier molecular flexibility index (Phi) is 12.0. The maximum absolute atomic E-state index is 14.5. The van der Waals surface area contributed by atoms with E-state index in [1.165, 1.54) is 4.90 Å². The van der Waals surface area contributed by atoms with Crippen molar-refractivity contribution < 1.29 is 18.0 Å². The van der Waals surface area contributed by atoms with Crippen LogP contribution in [-0.4, -0.2) is 44.3 Å². The molecule has 4 aromatic rings. The topological polar surface area (TPSA) is 86.8 Å². The Balaban J connectivity index is 1.78. The van der Waals surface area contributed by atoms with Crippen LogP contribution in [0.15, 0.2) is 112 Å². The van der Waals surface area contributed by atoms with E-state index in [2.05, 4.69) is 21.2 Å². The summed E-state index contributed by atoms with van der Waals surface area (Å²) >= 11 is 3.47. The third-order valence-corrected chi connectivity index (χ3v) is 9.89. The molecule has 0 aromatic heterocycles. The number of sulfonamides is 1. The molecule has 9 heteroatoms. The first kappa shape index (κ1) is 33.9. The Hall–Kier alpha value is -3.95. The average molecular weight is 691 g/mol. The zero-order valence-corrected chi connectivity index (χ0v) is 28.4. The quantitative estimate of drug-likeness (QED) is 0.147. The summed E-state index contributed by atoms with van der Waals surface area (Å²) in [6.07, 6.45) is 1.99. The fourth-order valence-corrected chi connectivity index (χ4v) is 6.60. The highest BCUT2D eigenvalue weighted by molar-refractivity contribution is 9.10. The van der Waals surface area contributed by atoms with Gasteiger partial charge < -0.3 is 10.2 Å². The van der Waals surface area contributed by atoms with Crippen molar-refractivity contribution in [3.63, 3.8) is 0 Å². The van der Waals surface area contributed by atoms with E-state index in [4.69, 9.17) is 0 Å². The van der Waals surface area contributed by atoms with E-state index >= 15 is 0 Å². The molecule has 1 N–H and O–H groups in total. The summed E-state index contributed by atoms with van der Waals surface area (Å²) in [6, 6.07) is 29.8. The lowest BCUT2D eigenvalue weighted by molar-refractivity contribution is -0.140. The zero-order valence-electron chi connectivity index (χ0n) is 25.9. The molecule has 0 saturated carbocycles. The lowest BCUT2D eigenvalue weighted by Gasteiger charge is -2.34. The van der Waals surface area contributed by atoms with Crippen LogP contribution in [0, 0.1) is 13.8 Å². The number of halogens is 1. The Morgan fingerprint density at radius 3 is 2.00 bits per heavy atom. The van der Waals surface area contributed by atoms with Crippen molar-refractivity contribution in [1.29, 1.82) is 0 Å². The minimum absolute atomic E-state index is 0.0825. The summed E-state index contributed by atoms with van der Waals surface area (Å²) in [7, 11) is -4.13. The SMILES string of the molecule is CCCCNC(=O)[C@@H](Cc1ccccc1)N(Cc1ccc(Br)cc1)C(=O)CN(c1ccc(C)cc1)S(=O)(=O)c1ccc(C)cc1. The van der Waals surface area contributed by atoms with Gasteiger partial charge in [-0.1, -0.05) is 107 Å². The second-order valence-electron chi connectivity index (χ2n) is 11.2. The minimum Gasteiger partial charge on any atom is -0.354 e. The molecule has 0 spiro atoms. The molecule has 0 aliphatic rings. The molecule has 7 nitrogen and oxygen atoms in total. The van der Waals surface area contributed by atoms with Gasteiger partial charge >= 0.3 is 0 Å². The van der Waals surface area contributed by atoms with Crippen LogP contribution in [-0.2, 0) is 32.6 Å². The van der Waals surface area contributed by atoms with Crippen LogP contribution in [0.4, 0.5) is 5.69 Å². The Morgan fingerprint density at radius 1 is 0.800 bits per heavy atom. The molecule has 45 heavy (non-hydrogen) atoms. The number of nitrogens with one attached hydrogen (secondary N) is 1. The molecule has 0 aliphatic carbocycles. The first-order valence-corrected chi connectivity index (χ1v) is 17.3. The Morgan fingerprint density at radius 2 is 1.40 bits per heavy atom. The van der Waals surface area contributed by atoms with Crippen molar-refractivity contribution in [1.82, 2.24) is 10.2 Å². The highest BCUT2D eigenvalue weighted by Gasteiger charge is 2.34. The van der Waals surface area contributed by atoms with Gasteiger partial charge in [-0.25, -0.2) is 8.42 Å². The monoisotopic (exact) mass is 689 g/mol. The van der Waals surface area contributed by atoms with E-state index in [9.17, 15) is 18.0 Å². The van der Waals surface area contributed by atoms with Crippen LogP contribution in [0.5, 0.6) is 0 Å². The van der Waals surface area contributed by atoms with Gasteiger partial charge in [-0.2, -0.15) is 0 Å². The maximum Gasteiger partial charge on any atom is 0.264 e. The molecule has 0 aliphatic heterocycles. The fourth-order valence-electron chi connectivity index (χ4n) is 4.92. The number of amides is 2. The number of aryl methyl sites for hydroxylation is 2. The lowest BCUT2D eigenvalue weighted by atomic mass is 10.0. The Labute approximate surface area is 275 Å². The van der Waals surface area contributed by atoms with Gasteiger partial charge in [0.15, 0.2) is 0 Å². The fraction of sp³-hybridized carbons (Fsp3) is 0.278. The minimum atomic E-state index is -4.13. The van der Waals surface area contributed by atoms with Gasteiger partial charge in [-0.3, -0.25) is 13.9 Å². The van der Waals surface area contributed by atoms with Crippen molar-refractivity contribution in [3.05, 3.63) is 130 Å². The summed E-state index contributed by atoms with van der Waals surface area (Å²) in [5.74, 6) is -0.762. The first-order chi connectivity index (χ1) is 21.6. The predicted octanol–water partition coefficient (Wildman–Crippen LogP) is 6.82. The zero-order chi connectivity index (χ0) is 32.4. The molecule has 0 fully saturated rings. The predicted molar refractivity (Wildman–Crippen MR) is 183 cm³/mol. The number of carbonyl (C=O) groups excluding carboxylic acids is 2. The summed E-state index contributed by atoms with van der Waals surface area (Å²) in [6.45, 7) is 5.97. The molecule has 1 atom stereocenters. The van der Waals surface area contributed by atoms with E-state index in [1.807, 2.05) is 87.5 Å². The Bertz CT molecular complexity index is 1660. The summed E-state index contributed by atoms with van der Waals surface area (Å²) in [5.41, 5.74) is 3.95. The van der Waals surface area contributed by atoms with Gasteiger partial charge in [0.2, 0.25) is 11.8 Å². The van der Waals surface area contributed by atoms with Crippen molar-refractivity contribution >= 4 is 43.5 Å². The molecule has 4 aromatic carbocycles. The van der Waals surface area contributed by atoms with E-state index < -0.39 is 28.5 Å². The van der Waals surface area contributed by atoms with E-state index in [0.717, 1.165) is 43.9 Å². The molecule has 0 radical (unpaired) electrons. The van der Waals surface area contributed by atoms with Gasteiger partial charge in [0.05, 0.1) is 10.6 Å². The molecule has 0 heterocycles. The first-order valence-electron chi connectivity index (χ1n) is 15.1. The number of carbonyl (C=O) groups is 2. The number of unbranched alkanes of at least 4 members (excludes halogenated alkanes) is 1. The normalized spacial score (nSPS) is 11.9. The number of hydrogen-bond acceptors (Lipinski definition) is 4. The van der Waals surface area contributed by atoms with Gasteiger partial charge in [0, 0.05) is 24.0 Å². The smallest absolute Gasteiger partial charge is 0.264 e. The van der Waals surface area contributed by atoms with Gasteiger partial charge in [-0.05, 0) is 67.8 Å². The molecule has 0 bridgehead atoms. The van der Waals surface area contributed by atoms with Gasteiger partial charge in [0.1, 0.15) is 12.6 Å². The number of benzene rings is 4. The molecule has 4 rings (SSSR count). The molecule has 236 valence electrons. The van der Waals surface area contributed by atoms with Gasteiger partial charge in [-0.15, -0.1) is 0 Å². The van der Waals surface area contributed by atoms with Crippen LogP contribution < -0.4 is 9.62 Å². The van der Waals surface area contributed by atoms with Crippen molar-refractivity contribution in [2.24, 2.45) is 0 Å². The standard InChI is InChI=1S/C36H40BrN3O4S/c1-4-5-23-38-36(42)34(24-29-9-7-6-8-10-29)39(25-30-15-17-31(37)18-16-30)35(41)26-40(32-19-11-27(2)12-20-32)45(43,44)33-21-13-28(3)14-22-33/h6-22,34H,4-5,23-26H2,1-3H3,(H,38,42)/t34-/m1/s1. The van der Waals surface area contributed by atoms with Crippen molar-refractivity contribution in [2.45, 2.75) is 57.5 Å². The van der Waals surface area contributed by atoms with Gasteiger partial charge in [0.25, 0.3) is 10.0 Å². The van der Waals surface area contributed by atoms with Crippen LogP contribution in [0.1, 0.15) is 42.0 Å². The summed E-state index contributed by atoms with van der Waals surface area (Å²) in [5, 5.41) is 3.01. The second kappa shape index (κ2) is 15.9. The highest BCUT2D eigenvalue weighted by atomic mass is 79.9. The van der Waals surface area contributed by atoms with E-state index in [-0.39, 0.29) is 23.8 Å².